The molecule has 1 saturated heterocycles. The quantitative estimate of drug-likeness (QED) is 0.720. The van der Waals surface area contributed by atoms with Crippen LogP contribution in [-0.2, 0) is 0 Å². The van der Waals surface area contributed by atoms with E-state index in [0.29, 0.717) is 11.5 Å². The van der Waals surface area contributed by atoms with Crippen LogP contribution in [0.3, 0.4) is 0 Å². The molecule has 2 aromatic heterocycles. The van der Waals surface area contributed by atoms with Gasteiger partial charge in [0.1, 0.15) is 0 Å². The maximum absolute atomic E-state index is 12.9. The summed E-state index contributed by atoms with van der Waals surface area (Å²) in [5.41, 5.74) is 4.17. The summed E-state index contributed by atoms with van der Waals surface area (Å²) in [5.74, 6) is 0.765. The van der Waals surface area contributed by atoms with Crippen molar-refractivity contribution in [1.29, 1.82) is 0 Å². The van der Waals surface area contributed by atoms with E-state index in [9.17, 15) is 4.79 Å². The lowest BCUT2D eigenvalue weighted by atomic mass is 9.98. The fourth-order valence-corrected chi connectivity index (χ4v) is 3.39. The molecule has 0 unspecified atom stereocenters. The van der Waals surface area contributed by atoms with Crippen LogP contribution in [0.2, 0.25) is 0 Å². The summed E-state index contributed by atoms with van der Waals surface area (Å²) in [6, 6.07) is 12.0. The Morgan fingerprint density at radius 1 is 1.16 bits per heavy atom. The lowest BCUT2D eigenvalue weighted by molar-refractivity contribution is 0.0695. The van der Waals surface area contributed by atoms with Crippen LogP contribution in [0.1, 0.15) is 35.8 Å². The highest BCUT2D eigenvalue weighted by Gasteiger charge is 2.24. The fourth-order valence-electron chi connectivity index (χ4n) is 3.39. The number of aromatic nitrogens is 3. The third-order valence-electron chi connectivity index (χ3n) is 5.09. The number of piperidine rings is 1. The minimum absolute atomic E-state index is 0.0653. The number of aryl methyl sites for hydroxylation is 1. The largest absolute Gasteiger partial charge is 0.339 e. The van der Waals surface area contributed by atoms with E-state index in [4.69, 9.17) is 0 Å². The molecular weight excluding hydrogens is 312 g/mol. The van der Waals surface area contributed by atoms with Crippen molar-refractivity contribution in [3.8, 4) is 11.3 Å². The van der Waals surface area contributed by atoms with Gasteiger partial charge in [0, 0.05) is 30.9 Å². The Hall–Kier alpha value is -2.69. The number of hydrogen-bond donors (Lipinski definition) is 0. The summed E-state index contributed by atoms with van der Waals surface area (Å²) in [5, 5.41) is 4.67. The molecule has 5 nitrogen and oxygen atoms in total. The summed E-state index contributed by atoms with van der Waals surface area (Å²) < 4.78 is 1.78. The fraction of sp³-hybridized carbons (Fsp3) is 0.350. The Morgan fingerprint density at radius 2 is 1.88 bits per heavy atom. The number of nitrogens with zero attached hydrogens (tertiary/aromatic N) is 4. The first kappa shape index (κ1) is 15.8. The second-order valence-electron chi connectivity index (χ2n) is 6.90. The lowest BCUT2D eigenvalue weighted by Crippen LogP contribution is -2.38. The van der Waals surface area contributed by atoms with Crippen molar-refractivity contribution in [3.63, 3.8) is 0 Å². The zero-order valence-corrected chi connectivity index (χ0v) is 14.6. The Balaban J connectivity index is 1.69. The molecule has 1 fully saturated rings. The minimum Gasteiger partial charge on any atom is -0.339 e. The monoisotopic (exact) mass is 334 g/mol. The van der Waals surface area contributed by atoms with Crippen molar-refractivity contribution in [2.75, 3.05) is 13.1 Å². The molecule has 0 spiro atoms. The van der Waals surface area contributed by atoms with E-state index in [2.05, 4.69) is 17.0 Å². The van der Waals surface area contributed by atoms with Gasteiger partial charge in [0.15, 0.2) is 5.65 Å². The van der Waals surface area contributed by atoms with Crippen LogP contribution in [0.25, 0.3) is 16.9 Å². The first-order valence-corrected chi connectivity index (χ1v) is 8.83. The maximum atomic E-state index is 12.9. The molecule has 4 rings (SSSR count). The Kier molecular flexibility index (Phi) is 3.99. The van der Waals surface area contributed by atoms with Gasteiger partial charge in [-0.3, -0.25) is 4.79 Å². The van der Waals surface area contributed by atoms with Gasteiger partial charge in [0.05, 0.1) is 17.0 Å². The summed E-state index contributed by atoms with van der Waals surface area (Å²) >= 11 is 0. The van der Waals surface area contributed by atoms with E-state index in [0.717, 1.165) is 48.5 Å². The van der Waals surface area contributed by atoms with Crippen molar-refractivity contribution in [3.05, 3.63) is 53.9 Å². The second-order valence-corrected chi connectivity index (χ2v) is 6.90. The van der Waals surface area contributed by atoms with Gasteiger partial charge in [-0.2, -0.15) is 5.10 Å². The molecule has 1 aromatic carbocycles. The minimum atomic E-state index is 0.0653. The van der Waals surface area contributed by atoms with Gasteiger partial charge >= 0.3 is 0 Å². The highest BCUT2D eigenvalue weighted by molar-refractivity contribution is 5.95. The van der Waals surface area contributed by atoms with Crippen molar-refractivity contribution < 1.29 is 4.79 Å². The van der Waals surface area contributed by atoms with Crippen LogP contribution in [-0.4, -0.2) is 38.5 Å². The predicted octanol–water partition coefficient (Wildman–Crippen LogP) is 3.58. The number of fused-ring (bicyclic) bond motifs is 1. The van der Waals surface area contributed by atoms with E-state index >= 15 is 0 Å². The topological polar surface area (TPSA) is 50.5 Å². The van der Waals surface area contributed by atoms with Gasteiger partial charge in [-0.1, -0.05) is 37.3 Å². The molecule has 0 radical (unpaired) electrons. The second kappa shape index (κ2) is 6.31. The van der Waals surface area contributed by atoms with Crippen LogP contribution in [0.5, 0.6) is 0 Å². The van der Waals surface area contributed by atoms with E-state index in [-0.39, 0.29) is 5.91 Å². The molecule has 0 atom stereocenters. The summed E-state index contributed by atoms with van der Waals surface area (Å²) in [6.07, 6.45) is 3.84. The number of benzene rings is 1. The Labute approximate surface area is 147 Å². The maximum Gasteiger partial charge on any atom is 0.257 e. The van der Waals surface area contributed by atoms with Crippen LogP contribution >= 0.6 is 0 Å². The molecular formula is C20H22N4O. The molecule has 0 saturated carbocycles. The van der Waals surface area contributed by atoms with Gasteiger partial charge in [0.2, 0.25) is 0 Å². The molecule has 0 bridgehead atoms. The molecule has 3 aromatic rings. The normalized spacial score (nSPS) is 15.7. The zero-order chi connectivity index (χ0) is 17.4. The molecule has 1 amide bonds. The van der Waals surface area contributed by atoms with E-state index < -0.39 is 0 Å². The molecule has 0 aliphatic carbocycles. The average molecular weight is 334 g/mol. The van der Waals surface area contributed by atoms with Crippen molar-refractivity contribution in [2.45, 2.75) is 26.7 Å². The third-order valence-corrected chi connectivity index (χ3v) is 5.09. The van der Waals surface area contributed by atoms with Crippen LogP contribution in [0.4, 0.5) is 0 Å². The van der Waals surface area contributed by atoms with Crippen LogP contribution in [0, 0.1) is 12.8 Å². The summed E-state index contributed by atoms with van der Waals surface area (Å²) in [6.45, 7) is 5.84. The SMILES string of the molecule is Cc1c(C(=O)N2CCC(C)CC2)cnc2cc(-c3ccccc3)nn12. The molecule has 3 heterocycles. The van der Waals surface area contributed by atoms with Gasteiger partial charge in [0.25, 0.3) is 5.91 Å². The summed E-state index contributed by atoms with van der Waals surface area (Å²) in [7, 11) is 0. The van der Waals surface area contributed by atoms with Gasteiger partial charge < -0.3 is 4.90 Å². The lowest BCUT2D eigenvalue weighted by Gasteiger charge is -2.30. The molecule has 5 heteroatoms. The molecule has 128 valence electrons. The molecule has 25 heavy (non-hydrogen) atoms. The van der Waals surface area contributed by atoms with Crippen molar-refractivity contribution in [1.82, 2.24) is 19.5 Å². The number of hydrogen-bond acceptors (Lipinski definition) is 3. The molecule has 0 N–H and O–H groups in total. The first-order chi connectivity index (χ1) is 12.1. The van der Waals surface area contributed by atoms with Gasteiger partial charge in [-0.15, -0.1) is 0 Å². The third kappa shape index (κ3) is 2.90. The first-order valence-electron chi connectivity index (χ1n) is 8.83. The molecule has 1 aliphatic rings. The van der Waals surface area contributed by atoms with Gasteiger partial charge in [-0.05, 0) is 25.7 Å². The van der Waals surface area contributed by atoms with Gasteiger partial charge in [-0.25, -0.2) is 9.50 Å². The standard InChI is InChI=1S/C20H22N4O/c1-14-8-10-23(11-9-14)20(25)17-13-21-19-12-18(22-24(19)15(17)2)16-6-4-3-5-7-16/h3-7,12-14H,8-11H2,1-2H3. The van der Waals surface area contributed by atoms with Crippen molar-refractivity contribution >= 4 is 11.6 Å². The van der Waals surface area contributed by atoms with Crippen molar-refractivity contribution in [2.24, 2.45) is 5.92 Å². The number of likely N-dealkylation sites (tertiary alicyclic amines) is 1. The highest BCUT2D eigenvalue weighted by Crippen LogP contribution is 2.22. The van der Waals surface area contributed by atoms with E-state index in [1.165, 1.54) is 0 Å². The Morgan fingerprint density at radius 3 is 2.60 bits per heavy atom. The number of rotatable bonds is 2. The number of amides is 1. The number of carbonyl (C=O) groups excluding carboxylic acids is 1. The average Bonchev–Trinajstić information content (AvgIpc) is 3.08. The smallest absolute Gasteiger partial charge is 0.257 e. The van der Waals surface area contributed by atoms with Crippen LogP contribution in [0.15, 0.2) is 42.6 Å². The highest BCUT2D eigenvalue weighted by atomic mass is 16.2. The Bertz CT molecular complexity index is 908. The number of carbonyl (C=O) groups is 1. The zero-order valence-electron chi connectivity index (χ0n) is 14.6. The molecule has 1 aliphatic heterocycles. The van der Waals surface area contributed by atoms with E-state index in [1.54, 1.807) is 10.7 Å². The van der Waals surface area contributed by atoms with E-state index in [1.807, 2.05) is 48.2 Å². The van der Waals surface area contributed by atoms with Crippen LogP contribution < -0.4 is 0 Å². The summed E-state index contributed by atoms with van der Waals surface area (Å²) in [4.78, 5) is 19.3. The predicted molar refractivity (Wildman–Crippen MR) is 97.5 cm³/mol.